The van der Waals surface area contributed by atoms with Gasteiger partial charge in [0.2, 0.25) is 0 Å². The van der Waals surface area contributed by atoms with Crippen LogP contribution in [0.5, 0.6) is 0 Å². The van der Waals surface area contributed by atoms with Crippen LogP contribution in [-0.4, -0.2) is 15.3 Å². The molecule has 0 radical (unpaired) electrons. The molecule has 152 valence electrons. The van der Waals surface area contributed by atoms with Gasteiger partial charge in [-0.25, -0.2) is 0 Å². The number of benzene rings is 1. The number of hydrogen-bond donors (Lipinski definition) is 0. The molecule has 0 atom stereocenters. The molecule has 0 unspecified atom stereocenters. The smallest absolute Gasteiger partial charge is 0.278 e. The first kappa shape index (κ1) is 19.2. The Hall–Kier alpha value is -1.81. The highest BCUT2D eigenvalue weighted by atomic mass is 32.2. The average molecular weight is 407 g/mol. The van der Waals surface area contributed by atoms with Gasteiger partial charge < -0.3 is 4.57 Å². The average Bonchev–Trinajstić information content (AvgIpc) is 3.41. The van der Waals surface area contributed by atoms with Crippen LogP contribution in [-0.2, 0) is 18.4 Å². The molecule has 1 heterocycles. The molecule has 1 spiro atoms. The van der Waals surface area contributed by atoms with Gasteiger partial charge in [0.05, 0.1) is 11.3 Å². The van der Waals surface area contributed by atoms with Crippen molar-refractivity contribution in [3.63, 3.8) is 0 Å². The van der Waals surface area contributed by atoms with Crippen LogP contribution < -0.4 is 5.56 Å². The predicted octanol–water partition coefficient (Wildman–Crippen LogP) is 5.75. The largest absolute Gasteiger partial charge is 0.319 e. The van der Waals surface area contributed by atoms with Crippen molar-refractivity contribution < 1.29 is 0 Å². The second-order valence-corrected chi connectivity index (χ2v) is 10.1. The van der Waals surface area contributed by atoms with Crippen molar-refractivity contribution in [1.29, 1.82) is 0 Å². The van der Waals surface area contributed by atoms with Crippen LogP contribution in [0, 0.1) is 5.92 Å². The number of rotatable bonds is 5. The second-order valence-electron chi connectivity index (χ2n) is 9.11. The summed E-state index contributed by atoms with van der Waals surface area (Å²) in [6.07, 6.45) is 12.8. The SMILES string of the molecule is C=CCSc1nc(=O)c2c(n1CC1CCCC1)-c1ccccc1CC21CCCC1. The summed E-state index contributed by atoms with van der Waals surface area (Å²) in [7, 11) is 0. The normalized spacial score (nSPS) is 20.0. The Bertz CT molecular complexity index is 981. The second kappa shape index (κ2) is 7.79. The van der Waals surface area contributed by atoms with Gasteiger partial charge in [0, 0.05) is 23.3 Å². The lowest BCUT2D eigenvalue weighted by molar-refractivity contribution is 0.396. The number of aromatic nitrogens is 2. The summed E-state index contributed by atoms with van der Waals surface area (Å²) in [4.78, 5) is 18.1. The Labute approximate surface area is 177 Å². The van der Waals surface area contributed by atoms with E-state index in [1.165, 1.54) is 55.3 Å². The molecule has 0 N–H and O–H groups in total. The van der Waals surface area contributed by atoms with Crippen molar-refractivity contribution in [3.8, 4) is 11.3 Å². The number of nitrogens with zero attached hydrogens (tertiary/aromatic N) is 2. The molecule has 0 saturated heterocycles. The molecule has 0 aliphatic heterocycles. The number of hydrogen-bond acceptors (Lipinski definition) is 3. The predicted molar refractivity (Wildman–Crippen MR) is 121 cm³/mol. The zero-order chi connectivity index (χ0) is 19.8. The first-order valence-electron chi connectivity index (χ1n) is 11.2. The van der Waals surface area contributed by atoms with E-state index in [9.17, 15) is 4.79 Å². The molecular formula is C25H30N2OS. The van der Waals surface area contributed by atoms with Crippen molar-refractivity contribution in [2.45, 2.75) is 74.9 Å². The van der Waals surface area contributed by atoms with Crippen LogP contribution in [0.1, 0.15) is 62.5 Å². The summed E-state index contributed by atoms with van der Waals surface area (Å²) >= 11 is 1.66. The van der Waals surface area contributed by atoms with Gasteiger partial charge in [0.25, 0.3) is 5.56 Å². The van der Waals surface area contributed by atoms with Crippen molar-refractivity contribution in [3.05, 3.63) is 58.4 Å². The Balaban J connectivity index is 1.76. The lowest BCUT2D eigenvalue weighted by Crippen LogP contribution is -2.39. The van der Waals surface area contributed by atoms with Crippen LogP contribution >= 0.6 is 11.8 Å². The van der Waals surface area contributed by atoms with Gasteiger partial charge in [-0.15, -0.1) is 6.58 Å². The Kier molecular flexibility index (Phi) is 5.15. The minimum absolute atomic E-state index is 0.00711. The molecule has 4 heteroatoms. The van der Waals surface area contributed by atoms with E-state index >= 15 is 0 Å². The van der Waals surface area contributed by atoms with E-state index in [0.29, 0.717) is 5.92 Å². The molecule has 2 saturated carbocycles. The third-order valence-electron chi connectivity index (χ3n) is 7.29. The first-order chi connectivity index (χ1) is 14.2. The van der Waals surface area contributed by atoms with Gasteiger partial charge >= 0.3 is 0 Å². The van der Waals surface area contributed by atoms with Gasteiger partial charge in [-0.05, 0) is 43.6 Å². The fourth-order valence-electron chi connectivity index (χ4n) is 5.99. The highest BCUT2D eigenvalue weighted by Gasteiger charge is 2.44. The zero-order valence-corrected chi connectivity index (χ0v) is 18.0. The van der Waals surface area contributed by atoms with Crippen LogP contribution in [0.25, 0.3) is 11.3 Å². The topological polar surface area (TPSA) is 34.9 Å². The van der Waals surface area contributed by atoms with Gasteiger partial charge in [-0.2, -0.15) is 4.98 Å². The molecule has 2 aromatic rings. The van der Waals surface area contributed by atoms with E-state index in [1.54, 1.807) is 11.8 Å². The third kappa shape index (κ3) is 3.30. The van der Waals surface area contributed by atoms with E-state index < -0.39 is 0 Å². The summed E-state index contributed by atoms with van der Waals surface area (Å²) < 4.78 is 2.43. The quantitative estimate of drug-likeness (QED) is 0.360. The fourth-order valence-corrected chi connectivity index (χ4v) is 6.73. The summed E-state index contributed by atoms with van der Waals surface area (Å²) in [6.45, 7) is 4.86. The molecule has 0 bridgehead atoms. The molecule has 3 aliphatic rings. The third-order valence-corrected chi connectivity index (χ3v) is 8.26. The summed E-state index contributed by atoms with van der Waals surface area (Å²) in [5, 5.41) is 0.880. The molecule has 3 nitrogen and oxygen atoms in total. The van der Waals surface area contributed by atoms with E-state index in [4.69, 9.17) is 0 Å². The Morgan fingerprint density at radius 1 is 1.17 bits per heavy atom. The summed E-state index contributed by atoms with van der Waals surface area (Å²) in [6, 6.07) is 8.78. The molecule has 3 aliphatic carbocycles. The van der Waals surface area contributed by atoms with Crippen LogP contribution in [0.4, 0.5) is 0 Å². The lowest BCUT2D eigenvalue weighted by atomic mass is 9.68. The first-order valence-corrected chi connectivity index (χ1v) is 12.2. The summed E-state index contributed by atoms with van der Waals surface area (Å²) in [5.74, 6) is 1.47. The Morgan fingerprint density at radius 3 is 2.69 bits per heavy atom. The van der Waals surface area contributed by atoms with Crippen molar-refractivity contribution >= 4 is 11.8 Å². The fraction of sp³-hybridized carbons (Fsp3) is 0.520. The Morgan fingerprint density at radius 2 is 1.93 bits per heavy atom. The standard InChI is InChI=1S/C25H30N2OS/c1-2-15-29-24-26-23(28)21-22(27(24)17-18-9-3-4-10-18)20-12-6-5-11-19(20)16-25(21)13-7-8-14-25/h2,5-6,11-12,18H,1,3-4,7-10,13-17H2. The highest BCUT2D eigenvalue weighted by Crippen LogP contribution is 2.50. The van der Waals surface area contributed by atoms with E-state index in [0.717, 1.165) is 42.3 Å². The maximum atomic E-state index is 13.4. The van der Waals surface area contributed by atoms with Crippen LogP contribution in [0.3, 0.4) is 0 Å². The number of fused-ring (bicyclic) bond motifs is 4. The maximum absolute atomic E-state index is 13.4. The van der Waals surface area contributed by atoms with Gasteiger partial charge in [0.1, 0.15) is 0 Å². The molecule has 1 aromatic heterocycles. The molecule has 29 heavy (non-hydrogen) atoms. The minimum Gasteiger partial charge on any atom is -0.319 e. The van der Waals surface area contributed by atoms with E-state index in [1.807, 2.05) is 6.08 Å². The maximum Gasteiger partial charge on any atom is 0.278 e. The van der Waals surface area contributed by atoms with Crippen molar-refractivity contribution in [1.82, 2.24) is 9.55 Å². The molecule has 5 rings (SSSR count). The molecule has 2 fully saturated rings. The summed E-state index contributed by atoms with van der Waals surface area (Å²) in [5.41, 5.74) is 4.89. The van der Waals surface area contributed by atoms with Crippen LogP contribution in [0.15, 0.2) is 46.9 Å². The highest BCUT2D eigenvalue weighted by molar-refractivity contribution is 7.99. The van der Waals surface area contributed by atoms with Crippen molar-refractivity contribution in [2.75, 3.05) is 5.75 Å². The lowest BCUT2D eigenvalue weighted by Gasteiger charge is -2.38. The van der Waals surface area contributed by atoms with Gasteiger partial charge in [-0.1, -0.05) is 67.8 Å². The van der Waals surface area contributed by atoms with Crippen LogP contribution in [0.2, 0.25) is 0 Å². The van der Waals surface area contributed by atoms with E-state index in [2.05, 4.69) is 40.4 Å². The molecular weight excluding hydrogens is 376 g/mol. The van der Waals surface area contributed by atoms with Gasteiger partial charge in [-0.3, -0.25) is 4.79 Å². The van der Waals surface area contributed by atoms with Crippen molar-refractivity contribution in [2.24, 2.45) is 5.92 Å². The van der Waals surface area contributed by atoms with E-state index in [-0.39, 0.29) is 11.0 Å². The van der Waals surface area contributed by atoms with Gasteiger partial charge in [0.15, 0.2) is 5.16 Å². The number of thioether (sulfide) groups is 1. The minimum atomic E-state index is -0.00711. The monoisotopic (exact) mass is 406 g/mol. The molecule has 0 amide bonds. The molecule has 1 aromatic carbocycles. The zero-order valence-electron chi connectivity index (χ0n) is 17.2.